The molecule has 0 aliphatic heterocycles. The maximum atomic E-state index is 13.6. The highest BCUT2D eigenvalue weighted by Gasteiger charge is 2.29. The van der Waals surface area contributed by atoms with Gasteiger partial charge in [0.25, 0.3) is 0 Å². The number of nitrogens with zero attached hydrogens (tertiary/aromatic N) is 3. The van der Waals surface area contributed by atoms with E-state index in [-0.39, 0.29) is 5.82 Å². The molecule has 1 unspecified atom stereocenters. The fraction of sp³-hybridized carbons (Fsp3) is 0.231. The number of fused-ring (bicyclic) bond motifs is 2. The van der Waals surface area contributed by atoms with Crippen molar-refractivity contribution in [2.75, 3.05) is 7.05 Å². The molecule has 0 saturated carbocycles. The van der Waals surface area contributed by atoms with Crippen molar-refractivity contribution in [3.63, 3.8) is 0 Å². The number of aromatic nitrogens is 2. The first-order valence-electron chi connectivity index (χ1n) is 10.8. The zero-order valence-corrected chi connectivity index (χ0v) is 17.6. The standard InChI is InChI=1S/C26H25FN4/c1-28-29-17-25-24-11-5-9-20(16-19-8-4-7-18-6-2-3-10-23(18)19)26(24)31(30-25)22-14-12-21(27)13-15-22/h2-4,6-8,10,12-15,17,20,28H,5,9,11,16H2,1H3/b29-17+. The van der Waals surface area contributed by atoms with E-state index in [1.807, 2.05) is 4.68 Å². The Hall–Kier alpha value is -3.47. The van der Waals surface area contributed by atoms with Crippen molar-refractivity contribution in [3.8, 4) is 5.69 Å². The van der Waals surface area contributed by atoms with Crippen LogP contribution in [0.15, 0.2) is 71.8 Å². The summed E-state index contributed by atoms with van der Waals surface area (Å²) >= 11 is 0. The van der Waals surface area contributed by atoms with Crippen LogP contribution in [0.5, 0.6) is 0 Å². The van der Waals surface area contributed by atoms with E-state index in [1.165, 1.54) is 39.7 Å². The lowest BCUT2D eigenvalue weighted by atomic mass is 9.82. The summed E-state index contributed by atoms with van der Waals surface area (Å²) in [6.07, 6.45) is 5.94. The molecule has 0 amide bonds. The van der Waals surface area contributed by atoms with Crippen LogP contribution in [-0.4, -0.2) is 23.0 Å². The van der Waals surface area contributed by atoms with Gasteiger partial charge in [-0.3, -0.25) is 0 Å². The Kier molecular flexibility index (Phi) is 5.24. The summed E-state index contributed by atoms with van der Waals surface area (Å²) in [6, 6.07) is 21.7. The Labute approximate surface area is 181 Å². The molecule has 4 nitrogen and oxygen atoms in total. The van der Waals surface area contributed by atoms with Crippen molar-refractivity contribution < 1.29 is 4.39 Å². The lowest BCUT2D eigenvalue weighted by Crippen LogP contribution is -2.16. The largest absolute Gasteiger partial charge is 0.313 e. The molecule has 31 heavy (non-hydrogen) atoms. The van der Waals surface area contributed by atoms with Crippen molar-refractivity contribution in [2.45, 2.75) is 31.6 Å². The van der Waals surface area contributed by atoms with Crippen LogP contribution in [0.2, 0.25) is 0 Å². The van der Waals surface area contributed by atoms with Gasteiger partial charge in [-0.2, -0.15) is 10.2 Å². The van der Waals surface area contributed by atoms with Gasteiger partial charge in [0.05, 0.1) is 17.6 Å². The lowest BCUT2D eigenvalue weighted by Gasteiger charge is -2.25. The maximum Gasteiger partial charge on any atom is 0.123 e. The van der Waals surface area contributed by atoms with Gasteiger partial charge in [-0.15, -0.1) is 0 Å². The molecule has 1 atom stereocenters. The van der Waals surface area contributed by atoms with Gasteiger partial charge in [0.1, 0.15) is 11.5 Å². The van der Waals surface area contributed by atoms with Gasteiger partial charge in [-0.25, -0.2) is 9.07 Å². The number of benzene rings is 3. The average molecular weight is 413 g/mol. The van der Waals surface area contributed by atoms with Crippen LogP contribution in [0.25, 0.3) is 16.5 Å². The summed E-state index contributed by atoms with van der Waals surface area (Å²) in [7, 11) is 1.78. The van der Waals surface area contributed by atoms with E-state index in [9.17, 15) is 4.39 Å². The molecule has 0 spiro atoms. The molecule has 5 heteroatoms. The van der Waals surface area contributed by atoms with Gasteiger partial charge in [-0.05, 0) is 66.3 Å². The van der Waals surface area contributed by atoms with Crippen molar-refractivity contribution in [1.82, 2.24) is 15.2 Å². The van der Waals surface area contributed by atoms with Crippen LogP contribution in [0.3, 0.4) is 0 Å². The van der Waals surface area contributed by atoms with Crippen LogP contribution in [0.1, 0.15) is 41.3 Å². The Balaban J connectivity index is 1.62. The fourth-order valence-corrected chi connectivity index (χ4v) is 4.76. The highest BCUT2D eigenvalue weighted by molar-refractivity contribution is 5.85. The first-order valence-corrected chi connectivity index (χ1v) is 10.8. The Morgan fingerprint density at radius 3 is 2.74 bits per heavy atom. The zero-order valence-electron chi connectivity index (χ0n) is 17.6. The summed E-state index contributed by atoms with van der Waals surface area (Å²) in [5, 5.41) is 11.7. The summed E-state index contributed by atoms with van der Waals surface area (Å²) in [6.45, 7) is 0. The molecule has 1 aliphatic rings. The third-order valence-corrected chi connectivity index (χ3v) is 6.15. The normalized spacial score (nSPS) is 16.0. The van der Waals surface area contributed by atoms with Gasteiger partial charge in [-0.1, -0.05) is 42.5 Å². The molecule has 0 bridgehead atoms. The van der Waals surface area contributed by atoms with Crippen LogP contribution in [0, 0.1) is 5.82 Å². The molecule has 0 radical (unpaired) electrons. The quantitative estimate of drug-likeness (QED) is 0.353. The minimum atomic E-state index is -0.242. The third kappa shape index (κ3) is 3.72. The van der Waals surface area contributed by atoms with Crippen molar-refractivity contribution >= 4 is 17.0 Å². The SMILES string of the molecule is CN/N=C/c1nn(-c2ccc(F)cc2)c2c1CCCC2Cc1cccc2ccccc12. The molecule has 1 aliphatic carbocycles. The first-order chi connectivity index (χ1) is 15.2. The first kappa shape index (κ1) is 19.5. The predicted molar refractivity (Wildman–Crippen MR) is 124 cm³/mol. The second-order valence-electron chi connectivity index (χ2n) is 8.05. The minimum Gasteiger partial charge on any atom is -0.313 e. The molecule has 156 valence electrons. The molecule has 1 heterocycles. The van der Waals surface area contributed by atoms with Crippen molar-refractivity contribution in [1.29, 1.82) is 0 Å². The van der Waals surface area contributed by atoms with E-state index in [2.05, 4.69) is 53.0 Å². The number of hydrogen-bond acceptors (Lipinski definition) is 3. The van der Waals surface area contributed by atoms with E-state index in [0.717, 1.165) is 37.1 Å². The van der Waals surface area contributed by atoms with Crippen LogP contribution in [-0.2, 0) is 12.8 Å². The summed E-state index contributed by atoms with van der Waals surface area (Å²) < 4.78 is 15.6. The number of hydrogen-bond donors (Lipinski definition) is 1. The second-order valence-corrected chi connectivity index (χ2v) is 8.05. The minimum absolute atomic E-state index is 0.242. The van der Waals surface area contributed by atoms with E-state index >= 15 is 0 Å². The number of nitrogens with one attached hydrogen (secondary N) is 1. The lowest BCUT2D eigenvalue weighted by molar-refractivity contribution is 0.525. The highest BCUT2D eigenvalue weighted by atomic mass is 19.1. The maximum absolute atomic E-state index is 13.6. The number of halogens is 1. The topological polar surface area (TPSA) is 42.2 Å². The zero-order chi connectivity index (χ0) is 21.2. The Bertz CT molecular complexity index is 1230. The average Bonchev–Trinajstić information content (AvgIpc) is 3.18. The van der Waals surface area contributed by atoms with E-state index in [4.69, 9.17) is 5.10 Å². The van der Waals surface area contributed by atoms with Gasteiger partial charge in [0.15, 0.2) is 0 Å². The Morgan fingerprint density at radius 2 is 1.90 bits per heavy atom. The molecule has 1 N–H and O–H groups in total. The van der Waals surface area contributed by atoms with Gasteiger partial charge < -0.3 is 5.43 Å². The molecule has 1 aromatic heterocycles. The van der Waals surface area contributed by atoms with Crippen molar-refractivity contribution in [3.05, 3.63) is 95.1 Å². The van der Waals surface area contributed by atoms with E-state index in [1.54, 1.807) is 25.4 Å². The molecular weight excluding hydrogens is 387 g/mol. The number of rotatable bonds is 5. The number of hydrazone groups is 1. The van der Waals surface area contributed by atoms with Gasteiger partial charge >= 0.3 is 0 Å². The molecule has 3 aromatic carbocycles. The van der Waals surface area contributed by atoms with Crippen LogP contribution in [0.4, 0.5) is 4.39 Å². The van der Waals surface area contributed by atoms with Gasteiger partial charge in [0.2, 0.25) is 0 Å². The van der Waals surface area contributed by atoms with Crippen LogP contribution < -0.4 is 5.43 Å². The molecule has 0 fully saturated rings. The van der Waals surface area contributed by atoms with Gasteiger partial charge in [0, 0.05) is 18.5 Å². The summed E-state index contributed by atoms with van der Waals surface area (Å²) in [5.74, 6) is 0.0953. The molecule has 5 rings (SSSR count). The van der Waals surface area contributed by atoms with E-state index in [0.29, 0.717) is 5.92 Å². The van der Waals surface area contributed by atoms with E-state index < -0.39 is 0 Å². The predicted octanol–water partition coefficient (Wildman–Crippen LogP) is 5.38. The Morgan fingerprint density at radius 1 is 1.10 bits per heavy atom. The summed E-state index contributed by atoms with van der Waals surface area (Å²) in [5.41, 5.74) is 8.42. The second kappa shape index (κ2) is 8.34. The van der Waals surface area contributed by atoms with Crippen LogP contribution >= 0.6 is 0 Å². The summed E-state index contributed by atoms with van der Waals surface area (Å²) in [4.78, 5) is 0. The molecule has 0 saturated heterocycles. The highest BCUT2D eigenvalue weighted by Crippen LogP contribution is 2.38. The third-order valence-electron chi connectivity index (χ3n) is 6.15. The fourth-order valence-electron chi connectivity index (χ4n) is 4.76. The molecular formula is C26H25FN4. The molecule has 4 aromatic rings. The smallest absolute Gasteiger partial charge is 0.123 e. The monoisotopic (exact) mass is 412 g/mol. The van der Waals surface area contributed by atoms with Crippen molar-refractivity contribution in [2.24, 2.45) is 5.10 Å².